The molecule has 5 heteroatoms. The maximum Gasteiger partial charge on any atom is 0.248 e. The second kappa shape index (κ2) is 8.63. The van der Waals surface area contributed by atoms with Gasteiger partial charge in [0.1, 0.15) is 6.61 Å². The molecule has 5 nitrogen and oxygen atoms in total. The summed E-state index contributed by atoms with van der Waals surface area (Å²) in [6, 6.07) is 17.3. The Hall–Kier alpha value is -2.66. The summed E-state index contributed by atoms with van der Waals surface area (Å²) in [4.78, 5) is 25.5. The zero-order chi connectivity index (χ0) is 18.4. The van der Waals surface area contributed by atoms with Gasteiger partial charge < -0.3 is 15.4 Å². The number of benzene rings is 2. The normalized spacial score (nSPS) is 16.6. The van der Waals surface area contributed by atoms with Crippen molar-refractivity contribution in [2.24, 2.45) is 11.7 Å². The molecule has 1 fully saturated rings. The van der Waals surface area contributed by atoms with Gasteiger partial charge in [0.05, 0.1) is 6.61 Å². The third-order valence-corrected chi connectivity index (χ3v) is 4.71. The topological polar surface area (TPSA) is 72.6 Å². The van der Waals surface area contributed by atoms with Gasteiger partial charge in [-0.05, 0) is 42.0 Å². The number of nitrogens with zero attached hydrogens (tertiary/aromatic N) is 1. The van der Waals surface area contributed by atoms with Crippen LogP contribution in [0, 0.1) is 5.92 Å². The van der Waals surface area contributed by atoms with Crippen LogP contribution in [0.4, 0.5) is 0 Å². The van der Waals surface area contributed by atoms with Crippen LogP contribution >= 0.6 is 0 Å². The van der Waals surface area contributed by atoms with Crippen molar-refractivity contribution in [1.82, 2.24) is 4.90 Å². The number of primary amides is 1. The third-order valence-electron chi connectivity index (χ3n) is 4.71. The van der Waals surface area contributed by atoms with Crippen LogP contribution in [-0.4, -0.2) is 36.4 Å². The second-order valence-corrected chi connectivity index (χ2v) is 6.74. The Kier molecular flexibility index (Phi) is 6.02. The van der Waals surface area contributed by atoms with Gasteiger partial charge in [-0.1, -0.05) is 42.5 Å². The highest BCUT2D eigenvalue weighted by molar-refractivity contribution is 5.92. The lowest BCUT2D eigenvalue weighted by atomic mass is 9.97. The molecule has 0 spiro atoms. The molecular weight excluding hydrogens is 328 g/mol. The monoisotopic (exact) mass is 352 g/mol. The number of carbonyl (C=O) groups is 2. The number of ether oxygens (including phenoxy) is 1. The van der Waals surface area contributed by atoms with Gasteiger partial charge in [0.15, 0.2) is 0 Å². The highest BCUT2D eigenvalue weighted by Crippen LogP contribution is 2.21. The molecule has 136 valence electrons. The highest BCUT2D eigenvalue weighted by atomic mass is 16.5. The Labute approximate surface area is 153 Å². The predicted molar refractivity (Wildman–Crippen MR) is 99.4 cm³/mol. The Bertz CT molecular complexity index is 761. The van der Waals surface area contributed by atoms with Crippen molar-refractivity contribution in [3.05, 3.63) is 71.3 Å². The van der Waals surface area contributed by atoms with Gasteiger partial charge in [0.2, 0.25) is 11.8 Å². The number of carbonyl (C=O) groups excluding carboxylic acids is 2. The van der Waals surface area contributed by atoms with Crippen LogP contribution in [0.15, 0.2) is 54.6 Å². The Morgan fingerprint density at radius 3 is 2.62 bits per heavy atom. The molecule has 1 aliphatic rings. The lowest BCUT2D eigenvalue weighted by Crippen LogP contribution is -2.32. The molecule has 3 rings (SSSR count). The molecule has 2 aromatic carbocycles. The van der Waals surface area contributed by atoms with E-state index in [0.29, 0.717) is 18.1 Å². The molecule has 0 radical (unpaired) electrons. The number of hydrogen-bond acceptors (Lipinski definition) is 3. The molecule has 0 bridgehead atoms. The Morgan fingerprint density at radius 2 is 1.85 bits per heavy atom. The van der Waals surface area contributed by atoms with Crippen LogP contribution in [0.25, 0.3) is 0 Å². The minimum absolute atomic E-state index is 0.0364. The fourth-order valence-corrected chi connectivity index (χ4v) is 3.33. The largest absolute Gasteiger partial charge is 0.367 e. The quantitative estimate of drug-likeness (QED) is 0.832. The molecule has 2 amide bonds. The molecule has 0 unspecified atom stereocenters. The van der Waals surface area contributed by atoms with Gasteiger partial charge >= 0.3 is 0 Å². The van der Waals surface area contributed by atoms with Gasteiger partial charge in [0, 0.05) is 18.7 Å². The molecule has 0 saturated carbocycles. The predicted octanol–water partition coefficient (Wildman–Crippen LogP) is 2.39. The summed E-state index contributed by atoms with van der Waals surface area (Å²) < 4.78 is 5.55. The summed E-state index contributed by atoms with van der Waals surface area (Å²) >= 11 is 0. The minimum Gasteiger partial charge on any atom is -0.367 e. The minimum atomic E-state index is -0.411. The van der Waals surface area contributed by atoms with Crippen LogP contribution in [0.2, 0.25) is 0 Å². The van der Waals surface area contributed by atoms with E-state index in [-0.39, 0.29) is 12.5 Å². The van der Waals surface area contributed by atoms with Gasteiger partial charge in [-0.2, -0.15) is 0 Å². The van der Waals surface area contributed by atoms with Crippen molar-refractivity contribution in [2.75, 3.05) is 19.7 Å². The first-order valence-corrected chi connectivity index (χ1v) is 8.90. The molecule has 1 heterocycles. The molecule has 26 heavy (non-hydrogen) atoms. The fourth-order valence-electron chi connectivity index (χ4n) is 3.33. The lowest BCUT2D eigenvalue weighted by molar-refractivity contribution is -0.135. The fraction of sp³-hybridized carbons (Fsp3) is 0.333. The van der Waals surface area contributed by atoms with E-state index in [0.717, 1.165) is 37.1 Å². The van der Waals surface area contributed by atoms with Crippen molar-refractivity contribution in [2.45, 2.75) is 19.4 Å². The Balaban J connectivity index is 1.45. The number of nitrogens with two attached hydrogens (primary N) is 1. The first-order valence-electron chi connectivity index (χ1n) is 8.90. The van der Waals surface area contributed by atoms with Gasteiger partial charge in [-0.3, -0.25) is 9.59 Å². The summed E-state index contributed by atoms with van der Waals surface area (Å²) in [5.41, 5.74) is 8.01. The number of amides is 2. The van der Waals surface area contributed by atoms with E-state index < -0.39 is 5.91 Å². The molecule has 0 aromatic heterocycles. The molecule has 1 saturated heterocycles. The molecule has 1 atom stereocenters. The Morgan fingerprint density at radius 1 is 1.08 bits per heavy atom. The maximum atomic E-state index is 12.3. The van der Waals surface area contributed by atoms with E-state index in [2.05, 4.69) is 0 Å². The standard InChI is InChI=1S/C21H24N2O3/c22-21(25)19-8-4-7-17(12-19)11-18-9-10-23(13-18)20(24)15-26-14-16-5-2-1-3-6-16/h1-8,12,18H,9-11,13-15H2,(H2,22,25)/t18-/m0/s1. The van der Waals surface area contributed by atoms with Crippen LogP contribution in [-0.2, 0) is 22.6 Å². The van der Waals surface area contributed by atoms with Gasteiger partial charge in [-0.15, -0.1) is 0 Å². The molecule has 2 N–H and O–H groups in total. The number of hydrogen-bond donors (Lipinski definition) is 1. The van der Waals surface area contributed by atoms with E-state index in [1.807, 2.05) is 53.4 Å². The first kappa shape index (κ1) is 18.1. The van der Waals surface area contributed by atoms with E-state index in [1.54, 1.807) is 6.07 Å². The van der Waals surface area contributed by atoms with Crippen molar-refractivity contribution in [3.8, 4) is 0 Å². The van der Waals surface area contributed by atoms with Crippen LogP contribution in [0.1, 0.15) is 27.9 Å². The number of rotatable bonds is 7. The van der Waals surface area contributed by atoms with Gasteiger partial charge in [-0.25, -0.2) is 0 Å². The molecule has 2 aromatic rings. The zero-order valence-electron chi connectivity index (χ0n) is 14.8. The van der Waals surface area contributed by atoms with Crippen molar-refractivity contribution in [1.29, 1.82) is 0 Å². The molecular formula is C21H24N2O3. The maximum absolute atomic E-state index is 12.3. The van der Waals surface area contributed by atoms with Crippen LogP contribution < -0.4 is 5.73 Å². The second-order valence-electron chi connectivity index (χ2n) is 6.74. The van der Waals surface area contributed by atoms with Crippen molar-refractivity contribution >= 4 is 11.8 Å². The van der Waals surface area contributed by atoms with E-state index in [9.17, 15) is 9.59 Å². The average Bonchev–Trinajstić information content (AvgIpc) is 3.11. The van der Waals surface area contributed by atoms with Crippen molar-refractivity contribution in [3.63, 3.8) is 0 Å². The van der Waals surface area contributed by atoms with E-state index >= 15 is 0 Å². The summed E-state index contributed by atoms with van der Waals surface area (Å²) in [6.45, 7) is 2.05. The summed E-state index contributed by atoms with van der Waals surface area (Å²) in [6.07, 6.45) is 1.81. The van der Waals surface area contributed by atoms with Crippen LogP contribution in [0.5, 0.6) is 0 Å². The first-order chi connectivity index (χ1) is 12.6. The van der Waals surface area contributed by atoms with Gasteiger partial charge in [0.25, 0.3) is 0 Å². The van der Waals surface area contributed by atoms with Crippen LogP contribution in [0.3, 0.4) is 0 Å². The lowest BCUT2D eigenvalue weighted by Gasteiger charge is -2.17. The smallest absolute Gasteiger partial charge is 0.248 e. The number of likely N-dealkylation sites (tertiary alicyclic amines) is 1. The molecule has 1 aliphatic heterocycles. The third kappa shape index (κ3) is 4.92. The summed E-state index contributed by atoms with van der Waals surface area (Å²) in [5.74, 6) is 0.0242. The van der Waals surface area contributed by atoms with E-state index in [1.165, 1.54) is 0 Å². The zero-order valence-corrected chi connectivity index (χ0v) is 14.8. The SMILES string of the molecule is NC(=O)c1cccc(C[C@@H]2CCN(C(=O)COCc3ccccc3)C2)c1. The van der Waals surface area contributed by atoms with E-state index in [4.69, 9.17) is 10.5 Å². The molecule has 0 aliphatic carbocycles. The highest BCUT2D eigenvalue weighted by Gasteiger charge is 2.26. The summed E-state index contributed by atoms with van der Waals surface area (Å²) in [7, 11) is 0. The average molecular weight is 352 g/mol. The summed E-state index contributed by atoms with van der Waals surface area (Å²) in [5, 5.41) is 0. The van der Waals surface area contributed by atoms with Crippen molar-refractivity contribution < 1.29 is 14.3 Å².